The highest BCUT2D eigenvalue weighted by Crippen LogP contribution is 2.54. The fourth-order valence-electron chi connectivity index (χ4n) is 10.9. The van der Waals surface area contributed by atoms with E-state index in [4.69, 9.17) is 0 Å². The van der Waals surface area contributed by atoms with E-state index in [-0.39, 0.29) is 0 Å². The second-order valence-electron chi connectivity index (χ2n) is 17.0. The van der Waals surface area contributed by atoms with Crippen molar-refractivity contribution < 1.29 is 0 Å². The van der Waals surface area contributed by atoms with Crippen LogP contribution in [0.4, 0.5) is 0 Å². The van der Waals surface area contributed by atoms with Crippen LogP contribution in [-0.4, -0.2) is 0 Å². The Labute approximate surface area is 266 Å². The van der Waals surface area contributed by atoms with E-state index < -0.39 is 0 Å². The van der Waals surface area contributed by atoms with E-state index in [0.29, 0.717) is 0 Å². The summed E-state index contributed by atoms with van der Waals surface area (Å²) >= 11 is 0. The van der Waals surface area contributed by atoms with Gasteiger partial charge in [0.05, 0.1) is 0 Å². The van der Waals surface area contributed by atoms with Gasteiger partial charge >= 0.3 is 0 Å². The fourth-order valence-corrected chi connectivity index (χ4v) is 10.9. The molecule has 42 heavy (non-hydrogen) atoms. The van der Waals surface area contributed by atoms with Gasteiger partial charge < -0.3 is 0 Å². The molecule has 0 heterocycles. The van der Waals surface area contributed by atoms with E-state index in [1.807, 2.05) is 0 Å². The van der Waals surface area contributed by atoms with Crippen LogP contribution in [0.3, 0.4) is 0 Å². The van der Waals surface area contributed by atoms with Crippen molar-refractivity contribution in [3.8, 4) is 0 Å². The summed E-state index contributed by atoms with van der Waals surface area (Å²) in [5, 5.41) is 0. The molecule has 4 fully saturated rings. The predicted molar refractivity (Wildman–Crippen MR) is 187 cm³/mol. The summed E-state index contributed by atoms with van der Waals surface area (Å²) in [6.45, 7) is 4.68. The first kappa shape index (κ1) is 34.9. The zero-order valence-electron chi connectivity index (χ0n) is 29.3. The van der Waals surface area contributed by atoms with Gasteiger partial charge in [-0.15, -0.1) is 0 Å². The molecule has 0 aromatic heterocycles. The maximum absolute atomic E-state index is 2.34. The van der Waals surface area contributed by atoms with Crippen LogP contribution < -0.4 is 0 Å². The van der Waals surface area contributed by atoms with Crippen molar-refractivity contribution in [3.63, 3.8) is 0 Å². The summed E-state index contributed by atoms with van der Waals surface area (Å²) in [6, 6.07) is 0. The van der Waals surface area contributed by atoms with Gasteiger partial charge in [0.2, 0.25) is 0 Å². The SMILES string of the molecule is CCCCCCCCC1CCC(CC2(CC3CCC(CCCCCCCC)CC3)CCC(C3CCCCC3)CC2)CC1. The van der Waals surface area contributed by atoms with Crippen LogP contribution in [0.15, 0.2) is 0 Å². The molecule has 0 nitrogen and oxygen atoms in total. The van der Waals surface area contributed by atoms with Crippen molar-refractivity contribution in [2.24, 2.45) is 40.9 Å². The van der Waals surface area contributed by atoms with Gasteiger partial charge in [-0.2, -0.15) is 0 Å². The summed E-state index contributed by atoms with van der Waals surface area (Å²) in [6.07, 6.45) is 50.8. The van der Waals surface area contributed by atoms with Gasteiger partial charge in [-0.1, -0.05) is 187 Å². The normalized spacial score (nSPS) is 33.1. The maximum atomic E-state index is 2.34. The first-order chi connectivity index (χ1) is 20.7. The Bertz CT molecular complexity index is 593. The van der Waals surface area contributed by atoms with Gasteiger partial charge in [-0.05, 0) is 79.4 Å². The van der Waals surface area contributed by atoms with Crippen LogP contribution in [0.5, 0.6) is 0 Å². The van der Waals surface area contributed by atoms with E-state index in [0.717, 1.165) is 40.9 Å². The lowest BCUT2D eigenvalue weighted by molar-refractivity contribution is 0.0376. The van der Waals surface area contributed by atoms with Gasteiger partial charge in [0.25, 0.3) is 0 Å². The second-order valence-corrected chi connectivity index (χ2v) is 17.0. The highest BCUT2D eigenvalue weighted by atomic mass is 14.5. The molecule has 0 amide bonds. The van der Waals surface area contributed by atoms with E-state index >= 15 is 0 Å². The lowest BCUT2D eigenvalue weighted by atomic mass is 9.58. The fraction of sp³-hybridized carbons (Fsp3) is 1.00. The summed E-state index contributed by atoms with van der Waals surface area (Å²) in [4.78, 5) is 0. The quantitative estimate of drug-likeness (QED) is 0.133. The molecule has 246 valence electrons. The van der Waals surface area contributed by atoms with E-state index in [2.05, 4.69) is 13.8 Å². The molecule has 0 aliphatic heterocycles. The van der Waals surface area contributed by atoms with Crippen molar-refractivity contribution in [1.82, 2.24) is 0 Å². The lowest BCUT2D eigenvalue weighted by Gasteiger charge is -2.48. The topological polar surface area (TPSA) is 0 Å². The molecule has 0 heteroatoms. The van der Waals surface area contributed by atoms with Crippen LogP contribution in [0.25, 0.3) is 0 Å². The van der Waals surface area contributed by atoms with Crippen molar-refractivity contribution in [2.75, 3.05) is 0 Å². The summed E-state index contributed by atoms with van der Waals surface area (Å²) < 4.78 is 0. The Morgan fingerprint density at radius 2 is 0.762 bits per heavy atom. The number of rotatable bonds is 19. The Kier molecular flexibility index (Phi) is 16.8. The minimum absolute atomic E-state index is 0.735. The van der Waals surface area contributed by atoms with Crippen molar-refractivity contribution in [2.45, 2.75) is 226 Å². The molecular weight excluding hydrogens is 504 g/mol. The summed E-state index contributed by atoms with van der Waals surface area (Å²) in [7, 11) is 0. The predicted octanol–water partition coefficient (Wildman–Crippen LogP) is 14.6. The molecule has 0 radical (unpaired) electrons. The van der Waals surface area contributed by atoms with Crippen molar-refractivity contribution >= 4 is 0 Å². The molecule has 0 saturated heterocycles. The molecule has 0 spiro atoms. The van der Waals surface area contributed by atoms with E-state index in [9.17, 15) is 0 Å². The molecule has 4 saturated carbocycles. The Morgan fingerprint density at radius 3 is 1.21 bits per heavy atom. The number of hydrogen-bond acceptors (Lipinski definition) is 0. The Hall–Kier alpha value is 0. The van der Waals surface area contributed by atoms with Gasteiger partial charge in [0, 0.05) is 0 Å². The summed E-state index contributed by atoms with van der Waals surface area (Å²) in [5.74, 6) is 6.49. The Morgan fingerprint density at radius 1 is 0.381 bits per heavy atom. The third kappa shape index (κ3) is 12.4. The standard InChI is InChI=1S/C42H78/c1-3-5-7-9-11-14-18-36-22-26-38(27-23-36)34-42(32-30-41(31-33-42)40-20-16-13-17-21-40)35-39-28-24-37(25-29-39)19-15-12-10-8-6-4-2/h36-41H,3-35H2,1-2H3. The van der Waals surface area contributed by atoms with Crippen LogP contribution in [0.2, 0.25) is 0 Å². The average Bonchev–Trinajstić information content (AvgIpc) is 3.03. The highest BCUT2D eigenvalue weighted by molar-refractivity contribution is 4.93. The number of unbranched alkanes of at least 4 members (excludes halogenated alkanes) is 10. The van der Waals surface area contributed by atoms with Gasteiger partial charge in [-0.25, -0.2) is 0 Å². The van der Waals surface area contributed by atoms with Crippen LogP contribution in [0, 0.1) is 40.9 Å². The van der Waals surface area contributed by atoms with E-state index in [1.165, 1.54) is 96.3 Å². The molecule has 0 unspecified atom stereocenters. The zero-order valence-corrected chi connectivity index (χ0v) is 29.3. The van der Waals surface area contributed by atoms with Gasteiger partial charge in [-0.3, -0.25) is 0 Å². The molecule has 0 atom stereocenters. The monoisotopic (exact) mass is 583 g/mol. The van der Waals surface area contributed by atoms with Gasteiger partial charge in [0.1, 0.15) is 0 Å². The van der Waals surface area contributed by atoms with E-state index in [1.54, 1.807) is 116 Å². The van der Waals surface area contributed by atoms with Crippen LogP contribution >= 0.6 is 0 Å². The third-order valence-corrected chi connectivity index (χ3v) is 13.7. The van der Waals surface area contributed by atoms with Crippen LogP contribution in [0.1, 0.15) is 226 Å². The molecular formula is C42H78. The summed E-state index contributed by atoms with van der Waals surface area (Å²) in [5.41, 5.74) is 0.735. The maximum Gasteiger partial charge on any atom is -0.0292 e. The van der Waals surface area contributed by atoms with Crippen LogP contribution in [-0.2, 0) is 0 Å². The van der Waals surface area contributed by atoms with Gasteiger partial charge in [0.15, 0.2) is 0 Å². The van der Waals surface area contributed by atoms with Crippen molar-refractivity contribution in [1.29, 1.82) is 0 Å². The molecule has 4 aliphatic carbocycles. The second kappa shape index (κ2) is 20.2. The number of hydrogen-bond donors (Lipinski definition) is 0. The lowest BCUT2D eigenvalue weighted by Crippen LogP contribution is -2.36. The molecule has 0 N–H and O–H groups in total. The third-order valence-electron chi connectivity index (χ3n) is 13.7. The minimum atomic E-state index is 0.735. The largest absolute Gasteiger partial charge is 0.0654 e. The first-order valence-electron chi connectivity index (χ1n) is 20.7. The Balaban J connectivity index is 1.21. The molecule has 4 aliphatic rings. The zero-order chi connectivity index (χ0) is 29.3. The first-order valence-corrected chi connectivity index (χ1v) is 20.7. The average molecular weight is 583 g/mol. The smallest absolute Gasteiger partial charge is 0.0292 e. The van der Waals surface area contributed by atoms with Crippen molar-refractivity contribution in [3.05, 3.63) is 0 Å². The molecule has 4 rings (SSSR count). The molecule has 0 aromatic rings. The highest BCUT2D eigenvalue weighted by Gasteiger charge is 2.41. The molecule has 0 aromatic carbocycles. The molecule has 0 bridgehead atoms. The minimum Gasteiger partial charge on any atom is -0.0654 e.